The third-order valence-electron chi connectivity index (χ3n) is 4.77. The zero-order chi connectivity index (χ0) is 20.0. The summed E-state index contributed by atoms with van der Waals surface area (Å²) in [6.45, 7) is 1.00. The van der Waals surface area contributed by atoms with Gasteiger partial charge in [-0.25, -0.2) is 4.79 Å². The molecule has 1 aromatic rings. The molecular formula is C19H27NO7S. The maximum Gasteiger partial charge on any atom is 0.410 e. The molecule has 0 saturated carbocycles. The largest absolute Gasteiger partial charge is 0.445 e. The van der Waals surface area contributed by atoms with Crippen molar-refractivity contribution in [1.29, 1.82) is 0 Å². The van der Waals surface area contributed by atoms with Crippen molar-refractivity contribution >= 4 is 16.2 Å². The van der Waals surface area contributed by atoms with Gasteiger partial charge in [-0.15, -0.1) is 0 Å². The van der Waals surface area contributed by atoms with Gasteiger partial charge < -0.3 is 19.1 Å². The summed E-state index contributed by atoms with van der Waals surface area (Å²) in [5, 5.41) is 0. The molecule has 9 heteroatoms. The number of amides is 1. The van der Waals surface area contributed by atoms with E-state index in [1.807, 2.05) is 30.3 Å². The second-order valence-corrected chi connectivity index (χ2v) is 8.77. The van der Waals surface area contributed by atoms with Gasteiger partial charge in [0.2, 0.25) is 0 Å². The number of carbonyl (C=O) groups is 1. The fourth-order valence-electron chi connectivity index (χ4n) is 3.39. The summed E-state index contributed by atoms with van der Waals surface area (Å²) in [5.74, 6) is 0. The van der Waals surface area contributed by atoms with Gasteiger partial charge in [-0.2, -0.15) is 8.42 Å². The minimum absolute atomic E-state index is 0.120. The molecule has 0 spiro atoms. The predicted molar refractivity (Wildman–Crippen MR) is 101 cm³/mol. The first kappa shape index (κ1) is 21.0. The van der Waals surface area contributed by atoms with Gasteiger partial charge in [0.05, 0.1) is 31.6 Å². The lowest BCUT2D eigenvalue weighted by Crippen LogP contribution is -2.39. The lowest BCUT2D eigenvalue weighted by atomic mass is 10.2. The lowest BCUT2D eigenvalue weighted by molar-refractivity contribution is -0.185. The van der Waals surface area contributed by atoms with Crippen molar-refractivity contribution in [2.24, 2.45) is 0 Å². The van der Waals surface area contributed by atoms with E-state index in [-0.39, 0.29) is 25.6 Å². The molecule has 2 fully saturated rings. The van der Waals surface area contributed by atoms with Crippen LogP contribution in [0.15, 0.2) is 30.3 Å². The van der Waals surface area contributed by atoms with E-state index in [0.717, 1.165) is 31.1 Å². The highest BCUT2D eigenvalue weighted by atomic mass is 32.2. The lowest BCUT2D eigenvalue weighted by Gasteiger charge is -2.25. The van der Waals surface area contributed by atoms with Crippen molar-refractivity contribution in [3.05, 3.63) is 35.9 Å². The standard InChI is InChI=1S/C19H27NO7S/c1-28(22,23)26-14-16-11-17(27-18-9-5-6-10-24-18)12-20(16)19(21)25-13-15-7-3-2-4-8-15/h2-4,7-8,16-18H,5-6,9-14H2,1H3/t16-,17-,18?/m1/s1. The Morgan fingerprint density at radius 2 is 2.04 bits per heavy atom. The fraction of sp³-hybridized carbons (Fsp3) is 0.632. The summed E-state index contributed by atoms with van der Waals surface area (Å²) in [4.78, 5) is 14.1. The van der Waals surface area contributed by atoms with Gasteiger partial charge in [-0.05, 0) is 31.2 Å². The van der Waals surface area contributed by atoms with Crippen LogP contribution in [-0.4, -0.2) is 63.9 Å². The van der Waals surface area contributed by atoms with E-state index in [2.05, 4.69) is 0 Å². The third-order valence-corrected chi connectivity index (χ3v) is 5.34. The van der Waals surface area contributed by atoms with Gasteiger partial charge in [0.15, 0.2) is 6.29 Å². The highest BCUT2D eigenvalue weighted by molar-refractivity contribution is 7.85. The minimum Gasteiger partial charge on any atom is -0.445 e. The SMILES string of the molecule is CS(=O)(=O)OC[C@H]1C[C@@H](OC2CCCCO2)CN1C(=O)OCc1ccccc1. The van der Waals surface area contributed by atoms with Crippen LogP contribution in [0.5, 0.6) is 0 Å². The number of hydrogen-bond acceptors (Lipinski definition) is 7. The first-order valence-corrected chi connectivity index (χ1v) is 11.3. The van der Waals surface area contributed by atoms with Gasteiger partial charge >= 0.3 is 6.09 Å². The Labute approximate surface area is 165 Å². The number of carbonyl (C=O) groups excluding carboxylic acids is 1. The molecule has 2 heterocycles. The molecule has 2 aliphatic rings. The van der Waals surface area contributed by atoms with Crippen molar-refractivity contribution in [1.82, 2.24) is 4.90 Å². The second-order valence-electron chi connectivity index (χ2n) is 7.12. The maximum absolute atomic E-state index is 12.6. The van der Waals surface area contributed by atoms with E-state index in [4.69, 9.17) is 18.4 Å². The third kappa shape index (κ3) is 6.44. The van der Waals surface area contributed by atoms with E-state index in [1.54, 1.807) is 0 Å². The predicted octanol–water partition coefficient (Wildman–Crippen LogP) is 2.29. The summed E-state index contributed by atoms with van der Waals surface area (Å²) in [5.41, 5.74) is 0.877. The van der Waals surface area contributed by atoms with Gasteiger partial charge in [0.1, 0.15) is 6.61 Å². The maximum atomic E-state index is 12.6. The molecule has 2 aliphatic heterocycles. The van der Waals surface area contributed by atoms with Crippen molar-refractivity contribution in [2.45, 2.75) is 50.7 Å². The molecule has 0 bridgehead atoms. The Bertz CT molecular complexity index is 734. The molecule has 2 saturated heterocycles. The molecule has 1 aromatic carbocycles. The average molecular weight is 413 g/mol. The Kier molecular flexibility index (Phi) is 7.28. The van der Waals surface area contributed by atoms with E-state index in [9.17, 15) is 13.2 Å². The van der Waals surface area contributed by atoms with Crippen LogP contribution in [-0.2, 0) is 35.1 Å². The molecular weight excluding hydrogens is 386 g/mol. The monoisotopic (exact) mass is 413 g/mol. The molecule has 1 unspecified atom stereocenters. The van der Waals surface area contributed by atoms with Crippen LogP contribution in [0.3, 0.4) is 0 Å². The molecule has 1 amide bonds. The molecule has 0 radical (unpaired) electrons. The Morgan fingerprint density at radius 1 is 1.25 bits per heavy atom. The molecule has 3 atom stereocenters. The van der Waals surface area contributed by atoms with Crippen molar-refractivity contribution in [3.63, 3.8) is 0 Å². The van der Waals surface area contributed by atoms with Gasteiger partial charge in [-0.1, -0.05) is 30.3 Å². The van der Waals surface area contributed by atoms with Gasteiger partial charge in [0.25, 0.3) is 10.1 Å². The number of benzene rings is 1. The van der Waals surface area contributed by atoms with E-state index in [1.165, 1.54) is 4.90 Å². The topological polar surface area (TPSA) is 91.4 Å². The van der Waals surface area contributed by atoms with Crippen LogP contribution in [0, 0.1) is 0 Å². The van der Waals surface area contributed by atoms with Gasteiger partial charge in [0, 0.05) is 6.61 Å². The first-order chi connectivity index (χ1) is 13.4. The molecule has 8 nitrogen and oxygen atoms in total. The normalized spacial score (nSPS) is 25.6. The van der Waals surface area contributed by atoms with E-state index in [0.29, 0.717) is 19.6 Å². The number of ether oxygens (including phenoxy) is 3. The van der Waals surface area contributed by atoms with Crippen LogP contribution < -0.4 is 0 Å². The molecule has 156 valence electrons. The number of hydrogen-bond donors (Lipinski definition) is 0. The Morgan fingerprint density at radius 3 is 2.71 bits per heavy atom. The summed E-state index contributed by atoms with van der Waals surface area (Å²) >= 11 is 0. The summed E-state index contributed by atoms with van der Waals surface area (Å²) in [6, 6.07) is 8.93. The minimum atomic E-state index is -3.60. The van der Waals surface area contributed by atoms with Crippen LogP contribution in [0.2, 0.25) is 0 Å². The van der Waals surface area contributed by atoms with E-state index >= 15 is 0 Å². The highest BCUT2D eigenvalue weighted by Crippen LogP contribution is 2.26. The van der Waals surface area contributed by atoms with Gasteiger partial charge in [-0.3, -0.25) is 4.18 Å². The zero-order valence-corrected chi connectivity index (χ0v) is 16.8. The molecule has 0 aliphatic carbocycles. The summed E-state index contributed by atoms with van der Waals surface area (Å²) < 4.78 is 44.7. The molecule has 3 rings (SSSR count). The second kappa shape index (κ2) is 9.69. The molecule has 0 N–H and O–H groups in total. The molecule has 28 heavy (non-hydrogen) atoms. The van der Waals surface area contributed by atoms with Crippen LogP contribution in [0.25, 0.3) is 0 Å². The number of rotatable bonds is 7. The number of nitrogens with zero attached hydrogens (tertiary/aromatic N) is 1. The van der Waals surface area contributed by atoms with Crippen LogP contribution in [0.1, 0.15) is 31.2 Å². The fourth-order valence-corrected chi connectivity index (χ4v) is 3.80. The average Bonchev–Trinajstić information content (AvgIpc) is 3.08. The zero-order valence-electron chi connectivity index (χ0n) is 16.0. The Hall–Kier alpha value is -1.68. The van der Waals surface area contributed by atoms with Crippen molar-refractivity contribution < 1.29 is 31.6 Å². The van der Waals surface area contributed by atoms with Crippen molar-refractivity contribution in [2.75, 3.05) is 26.0 Å². The smallest absolute Gasteiger partial charge is 0.410 e. The quantitative estimate of drug-likeness (QED) is 0.633. The van der Waals surface area contributed by atoms with Crippen LogP contribution in [0.4, 0.5) is 4.79 Å². The molecule has 0 aromatic heterocycles. The summed E-state index contributed by atoms with van der Waals surface area (Å²) in [6.07, 6.45) is 3.30. The van der Waals surface area contributed by atoms with Crippen molar-refractivity contribution in [3.8, 4) is 0 Å². The highest BCUT2D eigenvalue weighted by Gasteiger charge is 2.39. The first-order valence-electron chi connectivity index (χ1n) is 9.49. The number of likely N-dealkylation sites (tertiary alicyclic amines) is 1. The summed E-state index contributed by atoms with van der Waals surface area (Å²) in [7, 11) is -3.60. The van der Waals surface area contributed by atoms with Crippen LogP contribution >= 0.6 is 0 Å². The Balaban J connectivity index is 1.59. The van der Waals surface area contributed by atoms with E-state index < -0.39 is 22.3 Å².